The number of unbranched alkanes of at least 4 members (excludes halogenated alkanes) is 1. The second-order valence-electron chi connectivity index (χ2n) is 7.29. The van der Waals surface area contributed by atoms with Gasteiger partial charge in [0.15, 0.2) is 5.96 Å². The van der Waals surface area contributed by atoms with Crippen molar-refractivity contribution in [3.8, 4) is 5.75 Å². The predicted molar refractivity (Wildman–Crippen MR) is 131 cm³/mol. The number of hydrogen-bond acceptors (Lipinski definition) is 4. The van der Waals surface area contributed by atoms with Gasteiger partial charge in [-0.1, -0.05) is 12.1 Å². The van der Waals surface area contributed by atoms with Gasteiger partial charge < -0.3 is 19.7 Å². The first-order valence-corrected chi connectivity index (χ1v) is 10.5. The number of aliphatic imine (C=N–C) groups is 1. The first-order valence-electron chi connectivity index (χ1n) is 10.5. The van der Waals surface area contributed by atoms with E-state index in [1.165, 1.54) is 5.56 Å². The van der Waals surface area contributed by atoms with Crippen LogP contribution >= 0.6 is 24.0 Å². The van der Waals surface area contributed by atoms with Crippen molar-refractivity contribution in [3.05, 3.63) is 47.8 Å². The van der Waals surface area contributed by atoms with Gasteiger partial charge >= 0.3 is 0 Å². The number of methoxy groups -OCH3 is 1. The van der Waals surface area contributed by atoms with E-state index in [4.69, 9.17) is 14.5 Å². The van der Waals surface area contributed by atoms with Crippen LogP contribution < -0.4 is 10.1 Å². The Balaban J connectivity index is 0.00000320. The zero-order valence-electron chi connectivity index (χ0n) is 18.2. The highest BCUT2D eigenvalue weighted by Gasteiger charge is 2.25. The van der Waals surface area contributed by atoms with Crippen LogP contribution in [-0.4, -0.2) is 60.5 Å². The number of hydrogen-bond donors (Lipinski definition) is 1. The highest BCUT2D eigenvalue weighted by molar-refractivity contribution is 14.0. The Morgan fingerprint density at radius 3 is 2.77 bits per heavy atom. The summed E-state index contributed by atoms with van der Waals surface area (Å²) in [5.74, 6) is 1.89. The lowest BCUT2D eigenvalue weighted by molar-refractivity contribution is -0.00804. The van der Waals surface area contributed by atoms with Crippen molar-refractivity contribution < 1.29 is 9.47 Å². The number of morpholine rings is 1. The molecule has 1 aliphatic rings. The molecule has 0 radical (unpaired) electrons. The SMILES string of the molecule is CCNC(=NCCCCc1ccc(OC)cc1)N1CCOC(c2cnn(C)c2)C1.I. The molecule has 1 N–H and O–H groups in total. The molecule has 2 aromatic rings. The predicted octanol–water partition coefficient (Wildman–Crippen LogP) is 3.41. The molecule has 8 heteroatoms. The quantitative estimate of drug-likeness (QED) is 0.247. The van der Waals surface area contributed by atoms with E-state index < -0.39 is 0 Å². The Labute approximate surface area is 196 Å². The van der Waals surface area contributed by atoms with E-state index >= 15 is 0 Å². The van der Waals surface area contributed by atoms with Crippen molar-refractivity contribution in [3.63, 3.8) is 0 Å². The minimum absolute atomic E-state index is 0. The van der Waals surface area contributed by atoms with Crippen LogP contribution in [0.4, 0.5) is 0 Å². The third kappa shape index (κ3) is 7.16. The second-order valence-corrected chi connectivity index (χ2v) is 7.29. The van der Waals surface area contributed by atoms with Crippen molar-refractivity contribution in [1.82, 2.24) is 20.0 Å². The van der Waals surface area contributed by atoms with Crippen molar-refractivity contribution >= 4 is 29.9 Å². The van der Waals surface area contributed by atoms with Gasteiger partial charge in [-0.2, -0.15) is 5.10 Å². The smallest absolute Gasteiger partial charge is 0.194 e. The van der Waals surface area contributed by atoms with Crippen LogP contribution in [-0.2, 0) is 18.2 Å². The molecule has 3 rings (SSSR count). The average molecular weight is 527 g/mol. The van der Waals surface area contributed by atoms with Crippen LogP contribution in [0.5, 0.6) is 5.75 Å². The van der Waals surface area contributed by atoms with Crippen molar-refractivity contribution in [1.29, 1.82) is 0 Å². The largest absolute Gasteiger partial charge is 0.497 e. The first kappa shape index (κ1) is 24.5. The summed E-state index contributed by atoms with van der Waals surface area (Å²) in [5.41, 5.74) is 2.46. The van der Waals surface area contributed by atoms with E-state index in [-0.39, 0.29) is 30.1 Å². The zero-order valence-corrected chi connectivity index (χ0v) is 20.5. The Morgan fingerprint density at radius 2 is 2.10 bits per heavy atom. The van der Waals surface area contributed by atoms with E-state index in [0.29, 0.717) is 6.61 Å². The fourth-order valence-electron chi connectivity index (χ4n) is 3.49. The second kappa shape index (κ2) is 12.8. The number of rotatable bonds is 8. The fourth-order valence-corrected chi connectivity index (χ4v) is 3.49. The number of nitrogens with one attached hydrogen (secondary N) is 1. The van der Waals surface area contributed by atoms with Gasteiger partial charge in [-0.05, 0) is 43.9 Å². The monoisotopic (exact) mass is 527 g/mol. The molecular weight excluding hydrogens is 493 g/mol. The molecule has 0 spiro atoms. The van der Waals surface area contributed by atoms with Gasteiger partial charge in [-0.3, -0.25) is 9.67 Å². The summed E-state index contributed by atoms with van der Waals surface area (Å²) in [7, 11) is 3.63. The minimum Gasteiger partial charge on any atom is -0.497 e. The average Bonchev–Trinajstić information content (AvgIpc) is 3.19. The number of guanidine groups is 1. The molecule has 1 saturated heterocycles. The summed E-state index contributed by atoms with van der Waals surface area (Å²) in [6, 6.07) is 8.32. The van der Waals surface area contributed by atoms with Crippen molar-refractivity contribution in [2.75, 3.05) is 39.9 Å². The van der Waals surface area contributed by atoms with E-state index in [1.807, 2.05) is 36.3 Å². The molecule has 1 aromatic carbocycles. The lowest BCUT2D eigenvalue weighted by Gasteiger charge is -2.34. The summed E-state index contributed by atoms with van der Waals surface area (Å²) in [4.78, 5) is 7.16. The van der Waals surface area contributed by atoms with E-state index in [2.05, 4.69) is 34.4 Å². The third-order valence-corrected chi connectivity index (χ3v) is 5.09. The molecule has 7 nitrogen and oxygen atoms in total. The molecule has 30 heavy (non-hydrogen) atoms. The molecular formula is C22H34IN5O2. The zero-order chi connectivity index (χ0) is 20.5. The normalized spacial score (nSPS) is 16.8. The first-order chi connectivity index (χ1) is 14.2. The van der Waals surface area contributed by atoms with E-state index in [1.54, 1.807) is 7.11 Å². The van der Waals surface area contributed by atoms with E-state index in [9.17, 15) is 0 Å². The maximum absolute atomic E-state index is 5.96. The molecule has 1 aromatic heterocycles. The summed E-state index contributed by atoms with van der Waals surface area (Å²) >= 11 is 0. The Kier molecular flexibility index (Phi) is 10.4. The number of aryl methyl sites for hydroxylation is 2. The van der Waals surface area contributed by atoms with Gasteiger partial charge in [-0.25, -0.2) is 0 Å². The highest BCUT2D eigenvalue weighted by Crippen LogP contribution is 2.21. The highest BCUT2D eigenvalue weighted by atomic mass is 127. The summed E-state index contributed by atoms with van der Waals surface area (Å²) in [6.45, 7) is 6.14. The Hall–Kier alpha value is -1.81. The topological polar surface area (TPSA) is 63.9 Å². The van der Waals surface area contributed by atoms with Gasteiger partial charge in [0, 0.05) is 38.4 Å². The third-order valence-electron chi connectivity index (χ3n) is 5.09. The number of benzene rings is 1. The maximum Gasteiger partial charge on any atom is 0.194 e. The van der Waals surface area contributed by atoms with Gasteiger partial charge in [0.25, 0.3) is 0 Å². The standard InChI is InChI=1S/C22H33N5O2.HI/c1-4-23-22(24-12-6-5-7-18-8-10-20(28-3)11-9-18)27-13-14-29-21(17-27)19-15-25-26(2)16-19;/h8-11,15-16,21H,4-7,12-14,17H2,1-3H3,(H,23,24);1H. The van der Waals surface area contributed by atoms with Gasteiger partial charge in [-0.15, -0.1) is 24.0 Å². The van der Waals surface area contributed by atoms with E-state index in [0.717, 1.165) is 62.7 Å². The van der Waals surface area contributed by atoms with Crippen molar-refractivity contribution in [2.24, 2.45) is 12.0 Å². The number of ether oxygens (including phenoxy) is 2. The molecule has 0 amide bonds. The lowest BCUT2D eigenvalue weighted by Crippen LogP contribution is -2.48. The minimum atomic E-state index is 0. The van der Waals surface area contributed by atoms with Crippen LogP contribution in [0, 0.1) is 0 Å². The molecule has 166 valence electrons. The van der Waals surface area contributed by atoms with Crippen LogP contribution in [0.1, 0.15) is 37.0 Å². The van der Waals surface area contributed by atoms with Gasteiger partial charge in [0.05, 0.1) is 26.5 Å². The van der Waals surface area contributed by atoms with Crippen LogP contribution in [0.15, 0.2) is 41.7 Å². The van der Waals surface area contributed by atoms with Crippen LogP contribution in [0.25, 0.3) is 0 Å². The molecule has 1 aliphatic heterocycles. The summed E-state index contributed by atoms with van der Waals surface area (Å²) < 4.78 is 13.0. The lowest BCUT2D eigenvalue weighted by atomic mass is 10.1. The number of aromatic nitrogens is 2. The molecule has 0 aliphatic carbocycles. The molecule has 1 unspecified atom stereocenters. The molecule has 2 heterocycles. The fraction of sp³-hybridized carbons (Fsp3) is 0.545. The molecule has 0 bridgehead atoms. The molecule has 1 atom stereocenters. The summed E-state index contributed by atoms with van der Waals surface area (Å²) in [5, 5.41) is 7.70. The van der Waals surface area contributed by atoms with Crippen LogP contribution in [0.3, 0.4) is 0 Å². The van der Waals surface area contributed by atoms with Gasteiger partial charge in [0.1, 0.15) is 11.9 Å². The molecule has 0 saturated carbocycles. The Morgan fingerprint density at radius 1 is 1.30 bits per heavy atom. The summed E-state index contributed by atoms with van der Waals surface area (Å²) in [6.07, 6.45) is 7.20. The van der Waals surface area contributed by atoms with Crippen LogP contribution in [0.2, 0.25) is 0 Å². The van der Waals surface area contributed by atoms with Gasteiger partial charge in [0.2, 0.25) is 0 Å². The van der Waals surface area contributed by atoms with Crippen molar-refractivity contribution in [2.45, 2.75) is 32.3 Å². The number of nitrogens with zero attached hydrogens (tertiary/aromatic N) is 4. The Bertz CT molecular complexity index is 778. The number of halogens is 1. The molecule has 1 fully saturated rings. The maximum atomic E-state index is 5.96.